The Hall–Kier alpha value is -3.25. The quantitative estimate of drug-likeness (QED) is 0.612. The molecule has 2 N–H and O–H groups in total. The SMILES string of the molecule is CCN(CCNC(=O)c1ccc2c(c1)NC(=O)c1ccccc1S2)c1ccccc1. The number of nitrogens with zero attached hydrogens (tertiary/aromatic N) is 1. The van der Waals surface area contributed by atoms with Gasteiger partial charge in [0.2, 0.25) is 0 Å². The summed E-state index contributed by atoms with van der Waals surface area (Å²) in [4.78, 5) is 29.3. The van der Waals surface area contributed by atoms with Gasteiger partial charge in [0, 0.05) is 40.7 Å². The summed E-state index contributed by atoms with van der Waals surface area (Å²) < 4.78 is 0. The van der Waals surface area contributed by atoms with Gasteiger partial charge < -0.3 is 15.5 Å². The number of hydrogen-bond acceptors (Lipinski definition) is 4. The van der Waals surface area contributed by atoms with Crippen LogP contribution in [0.2, 0.25) is 0 Å². The molecule has 152 valence electrons. The first kappa shape index (κ1) is 20.0. The Kier molecular flexibility index (Phi) is 6.05. The van der Waals surface area contributed by atoms with Gasteiger partial charge >= 0.3 is 0 Å². The van der Waals surface area contributed by atoms with Crippen molar-refractivity contribution in [3.8, 4) is 0 Å². The van der Waals surface area contributed by atoms with Crippen molar-refractivity contribution in [2.45, 2.75) is 16.7 Å². The fourth-order valence-electron chi connectivity index (χ4n) is 3.42. The molecule has 0 radical (unpaired) electrons. The summed E-state index contributed by atoms with van der Waals surface area (Å²) in [7, 11) is 0. The Morgan fingerprint density at radius 2 is 1.77 bits per heavy atom. The zero-order valence-electron chi connectivity index (χ0n) is 16.7. The molecule has 0 bridgehead atoms. The minimum absolute atomic E-state index is 0.150. The van der Waals surface area contributed by atoms with Gasteiger partial charge in [-0.05, 0) is 49.4 Å². The lowest BCUT2D eigenvalue weighted by molar-refractivity contribution is 0.0953. The first-order chi connectivity index (χ1) is 14.7. The number of rotatable bonds is 6. The van der Waals surface area contributed by atoms with Crippen LogP contribution in [0.1, 0.15) is 27.6 Å². The molecule has 1 aliphatic heterocycles. The fourth-order valence-corrected chi connectivity index (χ4v) is 4.43. The van der Waals surface area contributed by atoms with E-state index in [9.17, 15) is 9.59 Å². The molecule has 0 aliphatic carbocycles. The maximum Gasteiger partial charge on any atom is 0.256 e. The number of carbonyl (C=O) groups is 2. The average Bonchev–Trinajstić information content (AvgIpc) is 2.92. The maximum absolute atomic E-state index is 12.7. The third-order valence-electron chi connectivity index (χ3n) is 5.01. The van der Waals surface area contributed by atoms with E-state index in [1.807, 2.05) is 48.5 Å². The minimum atomic E-state index is -0.157. The molecule has 30 heavy (non-hydrogen) atoms. The summed E-state index contributed by atoms with van der Waals surface area (Å²) in [6.07, 6.45) is 0. The zero-order chi connectivity index (χ0) is 20.9. The van der Waals surface area contributed by atoms with Crippen molar-refractivity contribution in [1.82, 2.24) is 5.32 Å². The second-order valence-corrected chi connectivity index (χ2v) is 8.02. The van der Waals surface area contributed by atoms with Gasteiger partial charge in [0.15, 0.2) is 0 Å². The predicted octanol–water partition coefficient (Wildman–Crippen LogP) is 4.66. The van der Waals surface area contributed by atoms with Crippen LogP contribution in [0, 0.1) is 0 Å². The molecule has 0 saturated heterocycles. The molecule has 6 heteroatoms. The Balaban J connectivity index is 1.42. The van der Waals surface area contributed by atoms with Crippen molar-refractivity contribution < 1.29 is 9.59 Å². The van der Waals surface area contributed by atoms with E-state index in [-0.39, 0.29) is 11.8 Å². The third kappa shape index (κ3) is 4.33. The second-order valence-electron chi connectivity index (χ2n) is 6.93. The summed E-state index contributed by atoms with van der Waals surface area (Å²) in [5.74, 6) is -0.307. The highest BCUT2D eigenvalue weighted by atomic mass is 32.2. The van der Waals surface area contributed by atoms with Gasteiger partial charge in [-0.15, -0.1) is 0 Å². The molecule has 1 heterocycles. The second kappa shape index (κ2) is 9.05. The van der Waals surface area contributed by atoms with Crippen LogP contribution in [0.4, 0.5) is 11.4 Å². The number of hydrogen-bond donors (Lipinski definition) is 2. The molecular formula is C24H23N3O2S. The van der Waals surface area contributed by atoms with Gasteiger partial charge in [0.25, 0.3) is 11.8 Å². The number of para-hydroxylation sites is 1. The van der Waals surface area contributed by atoms with Crippen molar-refractivity contribution in [2.75, 3.05) is 29.9 Å². The van der Waals surface area contributed by atoms with E-state index in [2.05, 4.69) is 34.6 Å². The maximum atomic E-state index is 12.7. The van der Waals surface area contributed by atoms with Crippen LogP contribution in [0.25, 0.3) is 0 Å². The lowest BCUT2D eigenvalue weighted by Crippen LogP contribution is -2.35. The molecule has 0 spiro atoms. The number of benzene rings is 3. The molecule has 3 aromatic carbocycles. The van der Waals surface area contributed by atoms with Gasteiger partial charge in [0.05, 0.1) is 11.3 Å². The monoisotopic (exact) mass is 417 g/mol. The lowest BCUT2D eigenvalue weighted by atomic mass is 10.1. The van der Waals surface area contributed by atoms with Crippen LogP contribution < -0.4 is 15.5 Å². The summed E-state index contributed by atoms with van der Waals surface area (Å²) in [5, 5.41) is 5.91. The Morgan fingerprint density at radius 3 is 2.57 bits per heavy atom. The van der Waals surface area contributed by atoms with E-state index >= 15 is 0 Å². The summed E-state index contributed by atoms with van der Waals surface area (Å²) in [5.41, 5.74) is 2.97. The zero-order valence-corrected chi connectivity index (χ0v) is 17.5. The van der Waals surface area contributed by atoms with Gasteiger partial charge in [0.1, 0.15) is 0 Å². The number of amides is 2. The van der Waals surface area contributed by atoms with Crippen molar-refractivity contribution in [1.29, 1.82) is 0 Å². The molecule has 0 fully saturated rings. The molecule has 5 nitrogen and oxygen atoms in total. The molecule has 0 unspecified atom stereocenters. The normalized spacial score (nSPS) is 12.2. The smallest absolute Gasteiger partial charge is 0.256 e. The van der Waals surface area contributed by atoms with Crippen molar-refractivity contribution in [2.24, 2.45) is 0 Å². The van der Waals surface area contributed by atoms with E-state index in [1.54, 1.807) is 12.1 Å². The predicted molar refractivity (Wildman–Crippen MR) is 122 cm³/mol. The molecule has 1 aliphatic rings. The Labute approximate surface area is 180 Å². The molecule has 0 atom stereocenters. The van der Waals surface area contributed by atoms with E-state index in [0.717, 1.165) is 28.6 Å². The lowest BCUT2D eigenvalue weighted by Gasteiger charge is -2.23. The van der Waals surface area contributed by atoms with Gasteiger partial charge in [-0.2, -0.15) is 0 Å². The largest absolute Gasteiger partial charge is 0.370 e. The van der Waals surface area contributed by atoms with E-state index in [4.69, 9.17) is 0 Å². The summed E-state index contributed by atoms with van der Waals surface area (Å²) >= 11 is 1.53. The Bertz CT molecular complexity index is 1070. The molecule has 0 saturated carbocycles. The molecular weight excluding hydrogens is 394 g/mol. The van der Waals surface area contributed by atoms with E-state index < -0.39 is 0 Å². The van der Waals surface area contributed by atoms with Crippen LogP contribution >= 0.6 is 11.8 Å². The van der Waals surface area contributed by atoms with Gasteiger partial charge in [-0.3, -0.25) is 9.59 Å². The van der Waals surface area contributed by atoms with Crippen molar-refractivity contribution in [3.63, 3.8) is 0 Å². The summed E-state index contributed by atoms with van der Waals surface area (Å²) in [6.45, 7) is 4.21. The third-order valence-corrected chi connectivity index (χ3v) is 6.16. The van der Waals surface area contributed by atoms with Crippen LogP contribution in [-0.4, -0.2) is 31.4 Å². The summed E-state index contributed by atoms with van der Waals surface area (Å²) in [6, 6.07) is 23.1. The van der Waals surface area contributed by atoms with E-state index in [0.29, 0.717) is 23.4 Å². The first-order valence-corrected chi connectivity index (χ1v) is 10.8. The number of likely N-dealkylation sites (N-methyl/N-ethyl adjacent to an activating group) is 1. The minimum Gasteiger partial charge on any atom is -0.370 e. The van der Waals surface area contributed by atoms with Crippen LogP contribution in [0.5, 0.6) is 0 Å². The molecule has 4 rings (SSSR count). The van der Waals surface area contributed by atoms with Crippen LogP contribution in [0.3, 0.4) is 0 Å². The number of fused-ring (bicyclic) bond motifs is 2. The molecule has 0 aromatic heterocycles. The molecule has 3 aromatic rings. The van der Waals surface area contributed by atoms with Crippen molar-refractivity contribution in [3.05, 3.63) is 83.9 Å². The fraction of sp³-hybridized carbons (Fsp3) is 0.167. The van der Waals surface area contributed by atoms with Gasteiger partial charge in [-0.25, -0.2) is 0 Å². The van der Waals surface area contributed by atoms with Crippen LogP contribution in [0.15, 0.2) is 82.6 Å². The number of nitrogens with one attached hydrogen (secondary N) is 2. The first-order valence-electron chi connectivity index (χ1n) is 9.96. The molecule has 2 amide bonds. The average molecular weight is 418 g/mol. The van der Waals surface area contributed by atoms with Gasteiger partial charge in [-0.1, -0.05) is 42.1 Å². The van der Waals surface area contributed by atoms with E-state index in [1.165, 1.54) is 11.8 Å². The Morgan fingerprint density at radius 1 is 1.00 bits per heavy atom. The topological polar surface area (TPSA) is 61.4 Å². The highest BCUT2D eigenvalue weighted by Gasteiger charge is 2.20. The number of carbonyl (C=O) groups excluding carboxylic acids is 2. The highest BCUT2D eigenvalue weighted by molar-refractivity contribution is 7.99. The standard InChI is InChI=1S/C24H23N3O2S/c1-2-27(18-8-4-3-5-9-18)15-14-25-23(28)17-12-13-22-20(16-17)26-24(29)19-10-6-7-11-21(19)30-22/h3-13,16H,2,14-15H2,1H3,(H,25,28)(H,26,29). The highest BCUT2D eigenvalue weighted by Crippen LogP contribution is 2.38. The van der Waals surface area contributed by atoms with Crippen LogP contribution in [-0.2, 0) is 0 Å². The number of anilines is 2. The van der Waals surface area contributed by atoms with Crippen molar-refractivity contribution >= 4 is 35.0 Å².